The van der Waals surface area contributed by atoms with Gasteiger partial charge in [-0.15, -0.1) is 0 Å². The van der Waals surface area contributed by atoms with Gasteiger partial charge in [-0.25, -0.2) is 0 Å². The van der Waals surface area contributed by atoms with Crippen LogP contribution in [0.3, 0.4) is 0 Å². The van der Waals surface area contributed by atoms with Gasteiger partial charge in [0.25, 0.3) is 0 Å². The highest BCUT2D eigenvalue weighted by Gasteiger charge is 2.49. The Morgan fingerprint density at radius 1 is 1.17 bits per heavy atom. The molecule has 2 heteroatoms. The van der Waals surface area contributed by atoms with Gasteiger partial charge in [-0.2, -0.15) is 0 Å². The molecule has 3 unspecified atom stereocenters. The van der Waals surface area contributed by atoms with Gasteiger partial charge < -0.3 is 5.32 Å². The van der Waals surface area contributed by atoms with Crippen molar-refractivity contribution in [2.24, 2.45) is 0 Å². The molecule has 0 aromatic carbocycles. The van der Waals surface area contributed by atoms with E-state index in [4.69, 9.17) is 0 Å². The standard InChI is InChI=1S/C21H25N2/c1-15-13-23-14-19-6-3-2-5-17(19)11-18-8-4-7-16(21(18)23)9-10-20(23)12-22-15/h2,4-5,7,9,11,14-15,20,22H,3,6,8,10,12-13H2,1H3/q+1. The van der Waals surface area contributed by atoms with E-state index in [1.165, 1.54) is 37.0 Å². The van der Waals surface area contributed by atoms with Gasteiger partial charge in [0.05, 0.1) is 6.04 Å². The second kappa shape index (κ2) is 4.93. The lowest BCUT2D eigenvalue weighted by Crippen LogP contribution is -2.65. The van der Waals surface area contributed by atoms with Crippen molar-refractivity contribution in [3.8, 4) is 0 Å². The third-order valence-electron chi connectivity index (χ3n) is 6.13. The zero-order valence-electron chi connectivity index (χ0n) is 13.9. The Hall–Kier alpha value is -1.64. The molecule has 0 amide bonds. The molecule has 1 saturated heterocycles. The molecule has 3 heterocycles. The molecule has 3 aliphatic heterocycles. The molecule has 0 bridgehead atoms. The lowest BCUT2D eigenvalue weighted by atomic mass is 9.86. The van der Waals surface area contributed by atoms with Gasteiger partial charge in [-0.1, -0.05) is 30.4 Å². The van der Waals surface area contributed by atoms with Crippen LogP contribution in [0.25, 0.3) is 0 Å². The maximum Gasteiger partial charge on any atom is 0.148 e. The molecule has 1 N–H and O–H groups in total. The monoisotopic (exact) mass is 305 g/mol. The van der Waals surface area contributed by atoms with Crippen LogP contribution >= 0.6 is 0 Å². The van der Waals surface area contributed by atoms with E-state index in [9.17, 15) is 0 Å². The number of nitrogens with one attached hydrogen (secondary N) is 1. The second-order valence-electron chi connectivity index (χ2n) is 7.65. The first kappa shape index (κ1) is 13.8. The second-order valence-corrected chi connectivity index (χ2v) is 7.65. The number of hydrogen-bond acceptors (Lipinski definition) is 1. The van der Waals surface area contributed by atoms with Crippen molar-refractivity contribution in [2.45, 2.75) is 44.7 Å². The summed E-state index contributed by atoms with van der Waals surface area (Å²) in [6, 6.07) is 1.22. The van der Waals surface area contributed by atoms with Gasteiger partial charge in [0, 0.05) is 29.7 Å². The number of nitrogens with zero attached hydrogens (tertiary/aromatic N) is 1. The van der Waals surface area contributed by atoms with Gasteiger partial charge in [0.15, 0.2) is 0 Å². The predicted molar refractivity (Wildman–Crippen MR) is 94.4 cm³/mol. The van der Waals surface area contributed by atoms with Crippen LogP contribution < -0.4 is 5.32 Å². The fourth-order valence-corrected chi connectivity index (χ4v) is 5.12. The Morgan fingerprint density at radius 2 is 2.09 bits per heavy atom. The summed E-state index contributed by atoms with van der Waals surface area (Å²) < 4.78 is 1.09. The van der Waals surface area contributed by atoms with Crippen molar-refractivity contribution in [1.29, 1.82) is 0 Å². The highest BCUT2D eigenvalue weighted by atomic mass is 15.4. The topological polar surface area (TPSA) is 12.0 Å². The first-order valence-corrected chi connectivity index (χ1v) is 9.08. The number of hydrogen-bond donors (Lipinski definition) is 1. The maximum absolute atomic E-state index is 3.72. The van der Waals surface area contributed by atoms with Gasteiger partial charge in [0.1, 0.15) is 24.5 Å². The molecule has 23 heavy (non-hydrogen) atoms. The van der Waals surface area contributed by atoms with E-state index in [-0.39, 0.29) is 0 Å². The zero-order chi connectivity index (χ0) is 15.4. The molecule has 0 radical (unpaired) electrons. The first-order valence-electron chi connectivity index (χ1n) is 9.08. The Kier molecular flexibility index (Phi) is 2.95. The van der Waals surface area contributed by atoms with Crippen LogP contribution in [0.2, 0.25) is 0 Å². The molecule has 0 saturated carbocycles. The molecule has 1 fully saturated rings. The van der Waals surface area contributed by atoms with Crippen molar-refractivity contribution in [2.75, 3.05) is 13.1 Å². The van der Waals surface area contributed by atoms with Gasteiger partial charge in [-0.05, 0) is 37.8 Å². The summed E-state index contributed by atoms with van der Waals surface area (Å²) in [7, 11) is 0. The van der Waals surface area contributed by atoms with E-state index >= 15 is 0 Å². The van der Waals surface area contributed by atoms with Crippen LogP contribution in [0.15, 0.2) is 70.6 Å². The lowest BCUT2D eigenvalue weighted by molar-refractivity contribution is -0.872. The Labute approximate surface area is 138 Å². The van der Waals surface area contributed by atoms with Gasteiger partial charge >= 0.3 is 0 Å². The number of fused-ring (bicyclic) bond motifs is 1. The minimum atomic E-state index is 0.572. The normalized spacial score (nSPS) is 37.9. The quantitative estimate of drug-likeness (QED) is 0.670. The Balaban J connectivity index is 1.78. The highest BCUT2D eigenvalue weighted by molar-refractivity contribution is 5.55. The van der Waals surface area contributed by atoms with Crippen LogP contribution in [0.1, 0.15) is 32.6 Å². The average molecular weight is 305 g/mol. The van der Waals surface area contributed by atoms with Gasteiger partial charge in [0.2, 0.25) is 0 Å². The van der Waals surface area contributed by atoms with Crippen molar-refractivity contribution in [1.82, 2.24) is 5.32 Å². The molecule has 0 aromatic heterocycles. The minimum Gasteiger partial charge on any atom is -0.303 e. The molecule has 0 aromatic rings. The summed E-state index contributed by atoms with van der Waals surface area (Å²) in [6.45, 7) is 4.65. The molecular weight excluding hydrogens is 280 g/mol. The van der Waals surface area contributed by atoms with E-state index < -0.39 is 0 Å². The summed E-state index contributed by atoms with van der Waals surface area (Å²) in [5, 5.41) is 3.72. The lowest BCUT2D eigenvalue weighted by Gasteiger charge is -2.51. The van der Waals surface area contributed by atoms with Crippen LogP contribution in [0.4, 0.5) is 0 Å². The predicted octanol–water partition coefficient (Wildman–Crippen LogP) is 3.88. The van der Waals surface area contributed by atoms with Crippen molar-refractivity contribution in [3.05, 3.63) is 70.6 Å². The summed E-state index contributed by atoms with van der Waals surface area (Å²) in [5.74, 6) is 0. The largest absolute Gasteiger partial charge is 0.303 e. The smallest absolute Gasteiger partial charge is 0.148 e. The first-order chi connectivity index (χ1) is 11.3. The van der Waals surface area contributed by atoms with Crippen LogP contribution in [0.5, 0.6) is 0 Å². The number of allylic oxidation sites excluding steroid dienone is 8. The molecule has 2 aliphatic carbocycles. The molecule has 1 spiro atoms. The van der Waals surface area contributed by atoms with E-state index in [2.05, 4.69) is 54.9 Å². The van der Waals surface area contributed by atoms with E-state index in [1.807, 2.05) is 0 Å². The summed E-state index contributed by atoms with van der Waals surface area (Å²) in [5.41, 5.74) is 7.65. The number of quaternary nitrogens is 1. The summed E-state index contributed by atoms with van der Waals surface area (Å²) >= 11 is 0. The summed E-state index contributed by atoms with van der Waals surface area (Å²) in [4.78, 5) is 0. The van der Waals surface area contributed by atoms with Crippen LogP contribution in [-0.2, 0) is 0 Å². The molecule has 118 valence electrons. The Morgan fingerprint density at radius 3 is 3.04 bits per heavy atom. The van der Waals surface area contributed by atoms with E-state index in [1.54, 1.807) is 16.8 Å². The van der Waals surface area contributed by atoms with E-state index in [0.717, 1.165) is 17.4 Å². The van der Waals surface area contributed by atoms with Gasteiger partial charge in [-0.3, -0.25) is 4.48 Å². The highest BCUT2D eigenvalue weighted by Crippen LogP contribution is 2.46. The maximum atomic E-state index is 3.72. The summed E-state index contributed by atoms with van der Waals surface area (Å²) in [6.07, 6.45) is 21.7. The Bertz CT molecular complexity index is 744. The fraction of sp³-hybridized carbons (Fsp3) is 0.429. The molecule has 3 atom stereocenters. The third kappa shape index (κ3) is 1.95. The zero-order valence-corrected chi connectivity index (χ0v) is 13.9. The fourth-order valence-electron chi connectivity index (χ4n) is 5.12. The van der Waals surface area contributed by atoms with Crippen LogP contribution in [0, 0.1) is 0 Å². The minimum absolute atomic E-state index is 0.572. The molecular formula is C21H25N2+. The molecule has 2 nitrogen and oxygen atoms in total. The molecule has 5 rings (SSSR count). The molecule has 5 aliphatic rings. The van der Waals surface area contributed by atoms with E-state index in [0.29, 0.717) is 12.1 Å². The van der Waals surface area contributed by atoms with Crippen LogP contribution in [-0.4, -0.2) is 29.7 Å². The van der Waals surface area contributed by atoms with Crippen molar-refractivity contribution < 1.29 is 4.48 Å². The third-order valence-corrected chi connectivity index (χ3v) is 6.13. The SMILES string of the molecule is CC1C[N+]23C=C4CCC=CC4=CC4=C2C(=CCC3CN1)C=CC4. The van der Waals surface area contributed by atoms with Crippen molar-refractivity contribution in [3.63, 3.8) is 0 Å². The number of rotatable bonds is 0. The average Bonchev–Trinajstić information content (AvgIpc) is 2.69. The van der Waals surface area contributed by atoms with Crippen molar-refractivity contribution >= 4 is 0 Å². The number of piperazine rings is 1.